The summed E-state index contributed by atoms with van der Waals surface area (Å²) in [6, 6.07) is 4.44. The molecular weight excluding hydrogens is 247 g/mol. The number of aromatic nitrogens is 2. The SMILES string of the molecule is Cc1cnn(Cc2cc(F)cc(C=CC(=O)O)c2)c1. The largest absolute Gasteiger partial charge is 0.478 e. The van der Waals surface area contributed by atoms with Crippen molar-refractivity contribution in [2.45, 2.75) is 13.5 Å². The third-order valence-electron chi connectivity index (χ3n) is 2.51. The number of benzene rings is 1. The minimum absolute atomic E-state index is 0.397. The molecule has 1 heterocycles. The second kappa shape index (κ2) is 5.48. The van der Waals surface area contributed by atoms with Gasteiger partial charge in [0.25, 0.3) is 0 Å². The van der Waals surface area contributed by atoms with Crippen LogP contribution < -0.4 is 0 Å². The first-order valence-corrected chi connectivity index (χ1v) is 5.72. The van der Waals surface area contributed by atoms with Crippen molar-refractivity contribution in [3.05, 3.63) is 59.2 Å². The van der Waals surface area contributed by atoms with E-state index >= 15 is 0 Å². The van der Waals surface area contributed by atoms with Crippen molar-refractivity contribution in [2.24, 2.45) is 0 Å². The first kappa shape index (κ1) is 13.0. The number of hydrogen-bond acceptors (Lipinski definition) is 2. The fourth-order valence-electron chi connectivity index (χ4n) is 1.77. The summed E-state index contributed by atoms with van der Waals surface area (Å²) in [4.78, 5) is 10.4. The Morgan fingerprint density at radius 2 is 2.26 bits per heavy atom. The Bertz CT molecular complexity index is 632. The molecule has 2 aromatic rings. The molecule has 1 aromatic carbocycles. The van der Waals surface area contributed by atoms with E-state index in [9.17, 15) is 9.18 Å². The molecule has 98 valence electrons. The Hall–Kier alpha value is -2.43. The molecule has 0 atom stereocenters. The van der Waals surface area contributed by atoms with Crippen molar-refractivity contribution in [1.29, 1.82) is 0 Å². The first-order valence-electron chi connectivity index (χ1n) is 5.72. The van der Waals surface area contributed by atoms with E-state index in [0.29, 0.717) is 12.1 Å². The Morgan fingerprint density at radius 1 is 1.47 bits per heavy atom. The van der Waals surface area contributed by atoms with E-state index in [1.54, 1.807) is 16.9 Å². The summed E-state index contributed by atoms with van der Waals surface area (Å²) >= 11 is 0. The van der Waals surface area contributed by atoms with Crippen LogP contribution in [0.5, 0.6) is 0 Å². The standard InChI is InChI=1S/C14H13FN2O2/c1-10-7-16-17(8-10)9-12-4-11(2-3-14(18)19)5-13(15)6-12/h2-8H,9H2,1H3,(H,18,19). The normalized spacial score (nSPS) is 11.1. The molecule has 2 rings (SSSR count). The molecule has 0 aliphatic carbocycles. The topological polar surface area (TPSA) is 55.1 Å². The predicted molar refractivity (Wildman–Crippen MR) is 69.1 cm³/mol. The molecule has 0 saturated carbocycles. The van der Waals surface area contributed by atoms with E-state index < -0.39 is 11.8 Å². The number of hydrogen-bond donors (Lipinski definition) is 1. The second-order valence-corrected chi connectivity index (χ2v) is 4.28. The highest BCUT2D eigenvalue weighted by molar-refractivity contribution is 5.85. The van der Waals surface area contributed by atoms with Gasteiger partial charge in [0.15, 0.2) is 0 Å². The van der Waals surface area contributed by atoms with Crippen LogP contribution in [-0.2, 0) is 11.3 Å². The summed E-state index contributed by atoms with van der Waals surface area (Å²) in [5.74, 6) is -1.46. The second-order valence-electron chi connectivity index (χ2n) is 4.28. The van der Waals surface area contributed by atoms with Crippen LogP contribution in [0.15, 0.2) is 36.7 Å². The number of halogens is 1. The smallest absolute Gasteiger partial charge is 0.328 e. The molecule has 5 heteroatoms. The lowest BCUT2D eigenvalue weighted by Gasteiger charge is -2.04. The predicted octanol–water partition coefficient (Wildman–Crippen LogP) is 2.48. The third-order valence-corrected chi connectivity index (χ3v) is 2.51. The van der Waals surface area contributed by atoms with Crippen LogP contribution in [0, 0.1) is 12.7 Å². The van der Waals surface area contributed by atoms with E-state index in [1.165, 1.54) is 18.2 Å². The molecule has 0 aliphatic heterocycles. The van der Waals surface area contributed by atoms with Gasteiger partial charge < -0.3 is 5.11 Å². The molecule has 1 N–H and O–H groups in total. The van der Waals surface area contributed by atoms with Crippen LogP contribution in [0.1, 0.15) is 16.7 Å². The van der Waals surface area contributed by atoms with Gasteiger partial charge in [-0.25, -0.2) is 9.18 Å². The zero-order valence-electron chi connectivity index (χ0n) is 10.4. The fourth-order valence-corrected chi connectivity index (χ4v) is 1.77. The molecular formula is C14H13FN2O2. The molecule has 0 fully saturated rings. The Balaban J connectivity index is 2.23. The van der Waals surface area contributed by atoms with Gasteiger partial charge in [-0.1, -0.05) is 0 Å². The molecule has 1 aromatic heterocycles. The molecule has 0 unspecified atom stereocenters. The lowest BCUT2D eigenvalue weighted by Crippen LogP contribution is -2.00. The molecule has 4 nitrogen and oxygen atoms in total. The molecule has 0 radical (unpaired) electrons. The zero-order chi connectivity index (χ0) is 13.8. The van der Waals surface area contributed by atoms with Gasteiger partial charge in [0, 0.05) is 12.3 Å². The van der Waals surface area contributed by atoms with Crippen LogP contribution in [0.3, 0.4) is 0 Å². The van der Waals surface area contributed by atoms with Crippen molar-refractivity contribution in [3.63, 3.8) is 0 Å². The minimum atomic E-state index is -1.06. The summed E-state index contributed by atoms with van der Waals surface area (Å²) in [6.07, 6.45) is 5.93. The van der Waals surface area contributed by atoms with Crippen LogP contribution in [0.4, 0.5) is 4.39 Å². The van der Waals surface area contributed by atoms with Crippen molar-refractivity contribution in [3.8, 4) is 0 Å². The van der Waals surface area contributed by atoms with E-state index in [4.69, 9.17) is 5.11 Å². The molecule has 0 saturated heterocycles. The lowest BCUT2D eigenvalue weighted by atomic mass is 10.1. The summed E-state index contributed by atoms with van der Waals surface area (Å²) < 4.78 is 15.2. The van der Waals surface area contributed by atoms with Crippen LogP contribution in [0.2, 0.25) is 0 Å². The lowest BCUT2D eigenvalue weighted by molar-refractivity contribution is -0.131. The number of carboxylic acid groups (broad SMARTS) is 1. The van der Waals surface area contributed by atoms with Gasteiger partial charge in [-0.05, 0) is 47.9 Å². The van der Waals surface area contributed by atoms with Gasteiger partial charge in [-0.15, -0.1) is 0 Å². The number of carbonyl (C=O) groups is 1. The summed E-state index contributed by atoms with van der Waals surface area (Å²) in [6.45, 7) is 2.37. The van der Waals surface area contributed by atoms with Crippen LogP contribution >= 0.6 is 0 Å². The van der Waals surface area contributed by atoms with Crippen molar-refractivity contribution < 1.29 is 14.3 Å². The van der Waals surface area contributed by atoms with Gasteiger partial charge >= 0.3 is 5.97 Å². The molecule has 0 spiro atoms. The van der Waals surface area contributed by atoms with Gasteiger partial charge in [-0.3, -0.25) is 4.68 Å². The molecule has 0 aliphatic rings. The van der Waals surface area contributed by atoms with Crippen LogP contribution in [-0.4, -0.2) is 20.9 Å². The van der Waals surface area contributed by atoms with Crippen molar-refractivity contribution in [1.82, 2.24) is 9.78 Å². The van der Waals surface area contributed by atoms with Crippen LogP contribution in [0.25, 0.3) is 6.08 Å². The Morgan fingerprint density at radius 3 is 2.89 bits per heavy atom. The fraction of sp³-hybridized carbons (Fsp3) is 0.143. The maximum Gasteiger partial charge on any atom is 0.328 e. The number of rotatable bonds is 4. The molecule has 19 heavy (non-hydrogen) atoms. The van der Waals surface area contributed by atoms with Gasteiger partial charge in [0.05, 0.1) is 12.7 Å². The average molecular weight is 260 g/mol. The van der Waals surface area contributed by atoms with Gasteiger partial charge in [-0.2, -0.15) is 5.10 Å². The van der Waals surface area contributed by atoms with Gasteiger partial charge in [0.1, 0.15) is 5.82 Å². The first-order chi connectivity index (χ1) is 9.02. The van der Waals surface area contributed by atoms with Crippen molar-refractivity contribution >= 4 is 12.0 Å². The van der Waals surface area contributed by atoms with E-state index in [1.807, 2.05) is 13.1 Å². The number of aryl methyl sites for hydroxylation is 1. The number of aliphatic carboxylic acids is 1. The quantitative estimate of drug-likeness (QED) is 0.859. The maximum absolute atomic E-state index is 13.4. The number of nitrogens with zero attached hydrogens (tertiary/aromatic N) is 2. The molecule has 0 bridgehead atoms. The maximum atomic E-state index is 13.4. The summed E-state index contributed by atoms with van der Waals surface area (Å²) in [5.41, 5.74) is 2.27. The summed E-state index contributed by atoms with van der Waals surface area (Å²) in [5, 5.41) is 12.7. The van der Waals surface area contributed by atoms with E-state index in [0.717, 1.165) is 17.2 Å². The number of carboxylic acids is 1. The average Bonchev–Trinajstić information content (AvgIpc) is 2.71. The highest BCUT2D eigenvalue weighted by atomic mass is 19.1. The monoisotopic (exact) mass is 260 g/mol. The minimum Gasteiger partial charge on any atom is -0.478 e. The zero-order valence-corrected chi connectivity index (χ0v) is 10.4. The third kappa shape index (κ3) is 3.77. The highest BCUT2D eigenvalue weighted by Crippen LogP contribution is 2.12. The Labute approximate surface area is 109 Å². The highest BCUT2D eigenvalue weighted by Gasteiger charge is 2.02. The Kier molecular flexibility index (Phi) is 3.75. The summed E-state index contributed by atoms with van der Waals surface area (Å²) in [7, 11) is 0. The van der Waals surface area contributed by atoms with Gasteiger partial charge in [0.2, 0.25) is 0 Å². The van der Waals surface area contributed by atoms with Crippen molar-refractivity contribution in [2.75, 3.05) is 0 Å². The van der Waals surface area contributed by atoms with E-state index in [2.05, 4.69) is 5.10 Å². The van der Waals surface area contributed by atoms with E-state index in [-0.39, 0.29) is 0 Å². The molecule has 0 amide bonds.